The number of anilines is 2. The van der Waals surface area contributed by atoms with Crippen molar-refractivity contribution >= 4 is 29.1 Å². The second-order valence-corrected chi connectivity index (χ2v) is 7.24. The minimum atomic E-state index is -0.280. The molecule has 6 nitrogen and oxygen atoms in total. The topological polar surface area (TPSA) is 73.9 Å². The molecule has 1 saturated heterocycles. The van der Waals surface area contributed by atoms with E-state index >= 15 is 0 Å². The lowest BCUT2D eigenvalue weighted by atomic mass is 10.1. The summed E-state index contributed by atoms with van der Waals surface area (Å²) in [5, 5.41) is 9.71. The molecule has 1 amide bonds. The largest absolute Gasteiger partial charge is 0.340 e. The highest BCUT2D eigenvalue weighted by atomic mass is 32.1. The van der Waals surface area contributed by atoms with Crippen LogP contribution in [0.4, 0.5) is 16.3 Å². The Kier molecular flexibility index (Phi) is 4.66. The number of amides is 1. The van der Waals surface area contributed by atoms with E-state index in [2.05, 4.69) is 25.4 Å². The van der Waals surface area contributed by atoms with Crippen LogP contribution in [0.3, 0.4) is 0 Å². The fourth-order valence-electron chi connectivity index (χ4n) is 2.94. The number of hydrogen-bond donors (Lipinski definition) is 2. The van der Waals surface area contributed by atoms with Crippen molar-refractivity contribution in [3.8, 4) is 10.4 Å². The van der Waals surface area contributed by atoms with Gasteiger partial charge in [0.05, 0.1) is 4.88 Å². The van der Waals surface area contributed by atoms with Crippen molar-refractivity contribution in [3.63, 3.8) is 0 Å². The summed E-state index contributed by atoms with van der Waals surface area (Å²) in [6, 6.07) is 9.82. The molecule has 2 aromatic heterocycles. The molecule has 0 saturated carbocycles. The Morgan fingerprint density at radius 3 is 2.65 bits per heavy atom. The van der Waals surface area contributed by atoms with E-state index in [-0.39, 0.29) is 11.7 Å². The predicted octanol–water partition coefficient (Wildman–Crippen LogP) is 3.91. The van der Waals surface area contributed by atoms with E-state index in [1.807, 2.05) is 6.07 Å². The minimum absolute atomic E-state index is 0.246. The van der Waals surface area contributed by atoms with E-state index in [1.54, 1.807) is 18.2 Å². The second-order valence-electron chi connectivity index (χ2n) is 6.16. The third-order valence-corrected chi connectivity index (χ3v) is 5.44. The molecule has 8 heteroatoms. The van der Waals surface area contributed by atoms with Crippen LogP contribution in [0.25, 0.3) is 10.4 Å². The Morgan fingerprint density at radius 2 is 1.88 bits per heavy atom. The number of nitrogens with one attached hydrogen (secondary N) is 2. The molecular formula is C18H18FN5OS. The first-order chi connectivity index (χ1) is 12.7. The Hall–Kier alpha value is -2.74. The van der Waals surface area contributed by atoms with Gasteiger partial charge in [0.15, 0.2) is 0 Å². The number of carbonyl (C=O) groups is 1. The summed E-state index contributed by atoms with van der Waals surface area (Å²) in [4.78, 5) is 20.4. The van der Waals surface area contributed by atoms with Crippen LogP contribution in [0.2, 0.25) is 0 Å². The van der Waals surface area contributed by atoms with E-state index in [1.165, 1.54) is 29.9 Å². The first-order valence-electron chi connectivity index (χ1n) is 8.53. The molecule has 0 bridgehead atoms. The summed E-state index contributed by atoms with van der Waals surface area (Å²) >= 11 is 1.35. The molecule has 1 aliphatic rings. The summed E-state index contributed by atoms with van der Waals surface area (Å²) < 4.78 is 13.0. The highest BCUT2D eigenvalue weighted by Gasteiger charge is 2.17. The van der Waals surface area contributed by atoms with Crippen molar-refractivity contribution in [2.75, 3.05) is 23.3 Å². The maximum atomic E-state index is 13.0. The smallest absolute Gasteiger partial charge is 0.268 e. The van der Waals surface area contributed by atoms with Gasteiger partial charge in [-0.3, -0.25) is 10.1 Å². The van der Waals surface area contributed by atoms with Crippen LogP contribution in [-0.2, 0) is 0 Å². The number of aromatic amines is 1. The molecule has 0 spiro atoms. The fraction of sp³-hybridized carbons (Fsp3) is 0.278. The highest BCUT2D eigenvalue weighted by Crippen LogP contribution is 2.28. The zero-order chi connectivity index (χ0) is 17.9. The van der Waals surface area contributed by atoms with Crippen molar-refractivity contribution in [1.29, 1.82) is 0 Å². The Morgan fingerprint density at radius 1 is 1.12 bits per heavy atom. The van der Waals surface area contributed by atoms with Crippen LogP contribution in [-0.4, -0.2) is 34.2 Å². The lowest BCUT2D eigenvalue weighted by Gasteiger charge is -2.24. The van der Waals surface area contributed by atoms with Gasteiger partial charge in [0, 0.05) is 18.0 Å². The maximum absolute atomic E-state index is 13.0. The van der Waals surface area contributed by atoms with Gasteiger partial charge in [-0.1, -0.05) is 12.1 Å². The summed E-state index contributed by atoms with van der Waals surface area (Å²) in [7, 11) is 0. The van der Waals surface area contributed by atoms with Crippen LogP contribution in [0, 0.1) is 5.82 Å². The molecule has 0 aliphatic carbocycles. The average molecular weight is 371 g/mol. The number of thiophene rings is 1. The van der Waals surface area contributed by atoms with Crippen LogP contribution in [0.15, 0.2) is 36.4 Å². The maximum Gasteiger partial charge on any atom is 0.268 e. The molecule has 26 heavy (non-hydrogen) atoms. The zero-order valence-corrected chi connectivity index (χ0v) is 14.9. The summed E-state index contributed by atoms with van der Waals surface area (Å²) in [5.74, 6) is 0.438. The third-order valence-electron chi connectivity index (χ3n) is 4.30. The van der Waals surface area contributed by atoms with Gasteiger partial charge in [-0.2, -0.15) is 4.98 Å². The summed E-state index contributed by atoms with van der Waals surface area (Å²) in [6.45, 7) is 1.88. The van der Waals surface area contributed by atoms with Crippen molar-refractivity contribution < 1.29 is 9.18 Å². The predicted molar refractivity (Wildman–Crippen MR) is 100 cm³/mol. The van der Waals surface area contributed by atoms with E-state index in [4.69, 9.17) is 0 Å². The van der Waals surface area contributed by atoms with Gasteiger partial charge in [-0.15, -0.1) is 16.4 Å². The van der Waals surface area contributed by atoms with Gasteiger partial charge in [0.2, 0.25) is 11.9 Å². The Bertz CT molecular complexity index is 898. The van der Waals surface area contributed by atoms with Crippen LogP contribution in [0.5, 0.6) is 0 Å². The molecule has 134 valence electrons. The summed E-state index contributed by atoms with van der Waals surface area (Å²) in [6.07, 6.45) is 3.51. The fourth-order valence-corrected chi connectivity index (χ4v) is 3.85. The number of nitrogens with zero attached hydrogens (tertiary/aromatic N) is 3. The van der Waals surface area contributed by atoms with Crippen LogP contribution in [0.1, 0.15) is 28.9 Å². The van der Waals surface area contributed by atoms with Gasteiger partial charge in [0.1, 0.15) is 5.82 Å². The molecule has 0 atom stereocenters. The van der Waals surface area contributed by atoms with Gasteiger partial charge < -0.3 is 4.90 Å². The van der Waals surface area contributed by atoms with Crippen molar-refractivity contribution in [2.45, 2.75) is 19.3 Å². The number of aromatic nitrogens is 3. The molecule has 4 rings (SSSR count). The van der Waals surface area contributed by atoms with Gasteiger partial charge >= 0.3 is 0 Å². The number of carbonyl (C=O) groups excluding carboxylic acids is 1. The molecular weight excluding hydrogens is 353 g/mol. The van der Waals surface area contributed by atoms with Crippen LogP contribution >= 0.6 is 11.3 Å². The number of benzene rings is 1. The average Bonchev–Trinajstić information content (AvgIpc) is 3.33. The van der Waals surface area contributed by atoms with Gasteiger partial charge in [0.25, 0.3) is 5.91 Å². The third kappa shape index (κ3) is 3.60. The van der Waals surface area contributed by atoms with Gasteiger partial charge in [-0.05, 0) is 49.1 Å². The van der Waals surface area contributed by atoms with Gasteiger partial charge in [-0.25, -0.2) is 9.49 Å². The molecule has 1 fully saturated rings. The van der Waals surface area contributed by atoms with Crippen molar-refractivity contribution in [3.05, 3.63) is 47.1 Å². The minimum Gasteiger partial charge on any atom is -0.340 e. The molecule has 0 unspecified atom stereocenters. The second kappa shape index (κ2) is 7.25. The van der Waals surface area contributed by atoms with Crippen molar-refractivity contribution in [2.24, 2.45) is 0 Å². The van der Waals surface area contributed by atoms with Crippen molar-refractivity contribution in [1.82, 2.24) is 15.2 Å². The Balaban J connectivity index is 1.44. The van der Waals surface area contributed by atoms with E-state index in [0.717, 1.165) is 36.4 Å². The Labute approximate surface area is 154 Å². The zero-order valence-electron chi connectivity index (χ0n) is 14.0. The lowest BCUT2D eigenvalue weighted by molar-refractivity contribution is 0.102. The molecule has 1 aliphatic heterocycles. The molecule has 3 aromatic rings. The summed E-state index contributed by atoms with van der Waals surface area (Å²) in [5.41, 5.74) is 0.877. The van der Waals surface area contributed by atoms with E-state index in [0.29, 0.717) is 16.8 Å². The monoisotopic (exact) mass is 371 g/mol. The molecule has 3 heterocycles. The SMILES string of the molecule is O=C(Nc1nc(N2CCCCC2)n[nH]1)c1ccc(-c2ccc(F)cc2)s1. The van der Waals surface area contributed by atoms with E-state index < -0.39 is 0 Å². The number of halogens is 1. The number of H-pyrrole nitrogens is 1. The normalized spacial score (nSPS) is 14.4. The quantitative estimate of drug-likeness (QED) is 0.729. The standard InChI is InChI=1S/C18H18FN5OS/c19-13-6-4-12(5-7-13)14-8-9-15(26-14)16(25)20-17-21-18(23-22-17)24-10-2-1-3-11-24/h4-9H,1-3,10-11H2,(H2,20,21,22,23,25). The lowest BCUT2D eigenvalue weighted by Crippen LogP contribution is -2.30. The molecule has 1 aromatic carbocycles. The molecule has 2 N–H and O–H groups in total. The number of hydrogen-bond acceptors (Lipinski definition) is 5. The number of piperidine rings is 1. The molecule has 0 radical (unpaired) electrons. The van der Waals surface area contributed by atoms with E-state index in [9.17, 15) is 9.18 Å². The number of rotatable bonds is 4. The first kappa shape index (κ1) is 16.7. The van der Waals surface area contributed by atoms with Crippen LogP contribution < -0.4 is 10.2 Å². The highest BCUT2D eigenvalue weighted by molar-refractivity contribution is 7.17. The first-order valence-corrected chi connectivity index (χ1v) is 9.35.